The Morgan fingerprint density at radius 3 is 2.41 bits per heavy atom. The van der Waals surface area contributed by atoms with E-state index in [1.54, 1.807) is 37.8 Å². The van der Waals surface area contributed by atoms with Gasteiger partial charge in [0.1, 0.15) is 29.8 Å². The molecule has 0 fully saturated rings. The van der Waals surface area contributed by atoms with Crippen LogP contribution in [-0.4, -0.2) is 28.5 Å². The third kappa shape index (κ3) is 9.88. The van der Waals surface area contributed by atoms with Crippen LogP contribution in [0, 0.1) is 17.0 Å². The Balaban J connectivity index is 0.00000248. The number of ether oxygens (including phenoxy) is 1. The Labute approximate surface area is 272 Å². The monoisotopic (exact) mass is 562 g/mol. The molecule has 10 heteroatoms. The molecule has 7 nitrogen and oxygen atoms in total. The van der Waals surface area contributed by atoms with Gasteiger partial charge >= 0.3 is 51.4 Å². The third-order valence-corrected chi connectivity index (χ3v) is 5.46. The number of nitrogens with zero attached hydrogens (tertiary/aromatic N) is 3. The average Bonchev–Trinajstić information content (AvgIpc) is 3.27. The number of nitrogens with one attached hydrogen (secondary N) is 2. The molecule has 1 heterocycles. The van der Waals surface area contributed by atoms with Gasteiger partial charge in [0.2, 0.25) is 0 Å². The summed E-state index contributed by atoms with van der Waals surface area (Å²) in [5.41, 5.74) is 8.60. The van der Waals surface area contributed by atoms with E-state index in [2.05, 4.69) is 22.2 Å². The average molecular weight is 563 g/mol. The smallest absolute Gasteiger partial charge is 0.487 e. The van der Waals surface area contributed by atoms with Crippen molar-refractivity contribution in [1.82, 2.24) is 14.9 Å². The number of rotatable bonds is 11. The van der Waals surface area contributed by atoms with Gasteiger partial charge in [-0.05, 0) is 47.4 Å². The number of hydrogen-bond donors (Lipinski definition) is 3. The van der Waals surface area contributed by atoms with Crippen LogP contribution in [0.15, 0.2) is 66.9 Å². The molecule has 0 aliphatic rings. The summed E-state index contributed by atoms with van der Waals surface area (Å²) in [5, 5.41) is 15.3. The SMILES string of the molecule is C=C(/C(C(=N)N)=C(/[N-]C)NC(C)C)c1ccc(Cc2cc(F)cc(OCc3cncn3C)c2)cc1F.CC.[K+]. The van der Waals surface area contributed by atoms with Gasteiger partial charge in [-0.1, -0.05) is 59.3 Å². The van der Waals surface area contributed by atoms with E-state index in [4.69, 9.17) is 15.9 Å². The molecule has 0 unspecified atom stereocenters. The van der Waals surface area contributed by atoms with Crippen LogP contribution in [0.1, 0.15) is 50.1 Å². The molecule has 0 atom stereocenters. The summed E-state index contributed by atoms with van der Waals surface area (Å²) in [7, 11) is 3.41. The number of nitrogens with two attached hydrogens (primary N) is 1. The fourth-order valence-electron chi connectivity index (χ4n) is 3.73. The molecule has 3 aromatic rings. The van der Waals surface area contributed by atoms with Crippen LogP contribution in [0.25, 0.3) is 10.9 Å². The summed E-state index contributed by atoms with van der Waals surface area (Å²) in [5.74, 6) is -0.496. The zero-order chi connectivity index (χ0) is 28.4. The number of aryl methyl sites for hydroxylation is 1. The van der Waals surface area contributed by atoms with E-state index in [1.165, 1.54) is 18.2 Å². The number of amidine groups is 1. The van der Waals surface area contributed by atoms with Gasteiger partial charge < -0.3 is 25.7 Å². The fraction of sp³-hybridized carbons (Fsp3) is 0.310. The molecule has 0 aliphatic carbocycles. The molecule has 0 saturated heterocycles. The fourth-order valence-corrected chi connectivity index (χ4v) is 3.73. The molecule has 0 aliphatic heterocycles. The van der Waals surface area contributed by atoms with Crippen molar-refractivity contribution in [3.8, 4) is 5.75 Å². The Morgan fingerprint density at radius 2 is 1.87 bits per heavy atom. The Hall–Kier alpha value is -2.50. The Kier molecular flexibility index (Phi) is 14.7. The molecule has 4 N–H and O–H groups in total. The Morgan fingerprint density at radius 1 is 1.18 bits per heavy atom. The molecule has 204 valence electrons. The largest absolute Gasteiger partial charge is 1.00 e. The summed E-state index contributed by atoms with van der Waals surface area (Å²) in [6, 6.07) is 9.15. The summed E-state index contributed by atoms with van der Waals surface area (Å²) in [6.45, 7) is 12.1. The summed E-state index contributed by atoms with van der Waals surface area (Å²) < 4.78 is 37.0. The molecule has 0 saturated carbocycles. The topological polar surface area (TPSA) is 103 Å². The van der Waals surface area contributed by atoms with Gasteiger partial charge in [0.15, 0.2) is 0 Å². The van der Waals surface area contributed by atoms with Crippen molar-refractivity contribution in [2.75, 3.05) is 7.05 Å². The van der Waals surface area contributed by atoms with Crippen LogP contribution in [0.5, 0.6) is 5.75 Å². The minimum absolute atomic E-state index is 0. The Bertz CT molecular complexity index is 1300. The van der Waals surface area contributed by atoms with E-state index in [0.717, 1.165) is 5.69 Å². The minimum Gasteiger partial charge on any atom is -0.487 e. The molecule has 39 heavy (non-hydrogen) atoms. The molecule has 1 aromatic heterocycles. The predicted molar refractivity (Wildman–Crippen MR) is 150 cm³/mol. The molecular formula is C29H37F2KN6O. The number of benzene rings is 2. The molecule has 0 bridgehead atoms. The molecule has 0 spiro atoms. The van der Waals surface area contributed by atoms with Crippen LogP contribution in [0.3, 0.4) is 0 Å². The van der Waals surface area contributed by atoms with Crippen LogP contribution in [0.4, 0.5) is 8.78 Å². The summed E-state index contributed by atoms with van der Waals surface area (Å²) in [4.78, 5) is 4.04. The zero-order valence-corrected chi connectivity index (χ0v) is 27.0. The number of halogens is 2. The second-order valence-corrected chi connectivity index (χ2v) is 8.71. The molecule has 0 amide bonds. The van der Waals surface area contributed by atoms with Crippen LogP contribution in [-0.2, 0) is 20.1 Å². The number of imidazole rings is 1. The normalized spacial score (nSPS) is 11.0. The first kappa shape index (κ1) is 34.5. The van der Waals surface area contributed by atoms with E-state index < -0.39 is 11.6 Å². The van der Waals surface area contributed by atoms with E-state index in [9.17, 15) is 4.39 Å². The molecule has 2 aromatic carbocycles. The maximum absolute atomic E-state index is 15.2. The quantitative estimate of drug-likeness (QED) is 0.145. The van der Waals surface area contributed by atoms with Gasteiger partial charge in [-0.2, -0.15) is 0 Å². The number of hydrogen-bond acceptors (Lipinski definition) is 4. The van der Waals surface area contributed by atoms with Crippen molar-refractivity contribution in [2.45, 2.75) is 46.8 Å². The molecular weight excluding hydrogens is 525 g/mol. The van der Waals surface area contributed by atoms with Crippen molar-refractivity contribution in [1.29, 1.82) is 5.41 Å². The standard InChI is InChI=1S/C27H31F2N6O.C2H6.K/c1-16(2)34-27(32-4)25(26(30)31)17(3)23-7-6-18(11-24(23)29)8-19-9-20(28)12-22(10-19)36-14-21-13-33-15-35(21)5;1-2;/h6-7,9-13,15-16,34H,3,8,14H2,1-2,4-5H3,(H3,30,31);1-2H3;/q-1;;+1/b27-25+;;. The zero-order valence-electron chi connectivity index (χ0n) is 23.9. The van der Waals surface area contributed by atoms with Crippen LogP contribution >= 0.6 is 0 Å². The van der Waals surface area contributed by atoms with Crippen molar-refractivity contribution >= 4 is 11.4 Å². The second kappa shape index (κ2) is 16.6. The van der Waals surface area contributed by atoms with Crippen molar-refractivity contribution < 1.29 is 64.9 Å². The number of aromatic nitrogens is 2. The van der Waals surface area contributed by atoms with Gasteiger partial charge in [0, 0.05) is 24.3 Å². The van der Waals surface area contributed by atoms with Gasteiger partial charge in [0.25, 0.3) is 0 Å². The van der Waals surface area contributed by atoms with E-state index in [1.807, 2.05) is 39.3 Å². The van der Waals surface area contributed by atoms with Gasteiger partial charge in [-0.25, -0.2) is 13.8 Å². The first-order valence-corrected chi connectivity index (χ1v) is 12.4. The maximum Gasteiger partial charge on any atom is 1.00 e. The molecule has 0 radical (unpaired) electrons. The van der Waals surface area contributed by atoms with Crippen molar-refractivity contribution in [2.24, 2.45) is 12.8 Å². The second-order valence-electron chi connectivity index (χ2n) is 8.71. The third-order valence-electron chi connectivity index (χ3n) is 5.46. The van der Waals surface area contributed by atoms with Crippen molar-refractivity contribution in [3.63, 3.8) is 0 Å². The maximum atomic E-state index is 15.2. The summed E-state index contributed by atoms with van der Waals surface area (Å²) >= 11 is 0. The summed E-state index contributed by atoms with van der Waals surface area (Å²) in [6.07, 6.45) is 3.64. The van der Waals surface area contributed by atoms with E-state index in [0.29, 0.717) is 29.1 Å². The van der Waals surface area contributed by atoms with Gasteiger partial charge in [-0.3, -0.25) is 5.41 Å². The first-order valence-electron chi connectivity index (χ1n) is 12.4. The predicted octanol–water partition coefficient (Wildman–Crippen LogP) is 3.06. The van der Waals surface area contributed by atoms with Gasteiger partial charge in [0.05, 0.1) is 18.2 Å². The van der Waals surface area contributed by atoms with E-state index >= 15 is 4.39 Å². The van der Waals surface area contributed by atoms with E-state index in [-0.39, 0.29) is 86.6 Å². The minimum atomic E-state index is -0.527. The van der Waals surface area contributed by atoms with Crippen molar-refractivity contribution in [3.05, 3.63) is 106 Å². The first-order chi connectivity index (χ1) is 18.1. The van der Waals surface area contributed by atoms with Gasteiger partial charge in [-0.15, -0.1) is 0 Å². The van der Waals surface area contributed by atoms with Crippen LogP contribution < -0.4 is 67.2 Å². The van der Waals surface area contributed by atoms with Crippen LogP contribution in [0.2, 0.25) is 0 Å². The molecule has 3 rings (SSSR count).